The van der Waals surface area contributed by atoms with Gasteiger partial charge in [0.2, 0.25) is 4.96 Å². The molecule has 0 bridgehead atoms. The van der Waals surface area contributed by atoms with E-state index in [-0.39, 0.29) is 5.91 Å². The van der Waals surface area contributed by atoms with E-state index < -0.39 is 0 Å². The number of nitrogens with zero attached hydrogens (tertiary/aromatic N) is 3. The van der Waals surface area contributed by atoms with Crippen LogP contribution in [-0.2, 0) is 6.42 Å². The molecule has 3 heterocycles. The predicted octanol–water partition coefficient (Wildman–Crippen LogP) is 3.51. The molecule has 1 amide bonds. The molecule has 3 aromatic heterocycles. The van der Waals surface area contributed by atoms with Crippen LogP contribution in [0.15, 0.2) is 41.1 Å². The number of methoxy groups -OCH3 is 2. The molecule has 0 atom stereocenters. The summed E-state index contributed by atoms with van der Waals surface area (Å²) >= 11 is 3.15. The topological polar surface area (TPSA) is 77.8 Å². The Morgan fingerprint density at radius 3 is 2.61 bits per heavy atom. The highest BCUT2D eigenvalue weighted by Crippen LogP contribution is 2.28. The maximum atomic E-state index is 12.7. The molecule has 0 aliphatic heterocycles. The van der Waals surface area contributed by atoms with Crippen LogP contribution in [0.1, 0.15) is 16.1 Å². The van der Waals surface area contributed by atoms with Gasteiger partial charge in [-0.25, -0.2) is 4.52 Å². The van der Waals surface area contributed by atoms with Crippen molar-refractivity contribution < 1.29 is 14.3 Å². The number of amides is 1. The van der Waals surface area contributed by atoms with E-state index in [0.717, 1.165) is 21.4 Å². The Morgan fingerprint density at radius 2 is 1.93 bits per heavy atom. The molecule has 1 N–H and O–H groups in total. The predicted molar refractivity (Wildman–Crippen MR) is 110 cm³/mol. The van der Waals surface area contributed by atoms with Gasteiger partial charge in [-0.1, -0.05) is 12.1 Å². The van der Waals surface area contributed by atoms with Gasteiger partial charge in [0, 0.05) is 18.3 Å². The Balaban J connectivity index is 1.46. The fourth-order valence-corrected chi connectivity index (χ4v) is 4.38. The van der Waals surface area contributed by atoms with Crippen molar-refractivity contribution in [3.63, 3.8) is 0 Å². The number of hydrogen-bond donors (Lipinski definition) is 1. The van der Waals surface area contributed by atoms with Crippen molar-refractivity contribution in [3.8, 4) is 22.2 Å². The zero-order valence-electron chi connectivity index (χ0n) is 15.3. The minimum absolute atomic E-state index is 0.237. The summed E-state index contributed by atoms with van der Waals surface area (Å²) in [7, 11) is 3.06. The van der Waals surface area contributed by atoms with Gasteiger partial charge in [-0.2, -0.15) is 4.98 Å². The van der Waals surface area contributed by atoms with Crippen LogP contribution in [0, 0.1) is 0 Å². The Kier molecular flexibility index (Phi) is 5.27. The van der Waals surface area contributed by atoms with Crippen molar-refractivity contribution in [2.75, 3.05) is 20.8 Å². The molecule has 0 aliphatic carbocycles. The highest BCUT2D eigenvalue weighted by molar-refractivity contribution is 7.15. The summed E-state index contributed by atoms with van der Waals surface area (Å²) in [6.07, 6.45) is 0.635. The van der Waals surface area contributed by atoms with E-state index in [2.05, 4.69) is 15.4 Å². The lowest BCUT2D eigenvalue weighted by molar-refractivity contribution is 0.0947. The number of rotatable bonds is 7. The molecular formula is C19H18N4O3S2. The van der Waals surface area contributed by atoms with Crippen molar-refractivity contribution in [1.82, 2.24) is 19.9 Å². The zero-order chi connectivity index (χ0) is 19.5. The highest BCUT2D eigenvalue weighted by Gasteiger charge is 2.18. The number of thiazole rings is 1. The number of benzene rings is 1. The third-order valence-corrected chi connectivity index (χ3v) is 5.94. The number of nitrogens with one attached hydrogen (secondary N) is 1. The lowest BCUT2D eigenvalue weighted by atomic mass is 10.1. The second-order valence-electron chi connectivity index (χ2n) is 5.88. The van der Waals surface area contributed by atoms with E-state index in [0.29, 0.717) is 30.0 Å². The van der Waals surface area contributed by atoms with Crippen LogP contribution in [-0.4, -0.2) is 41.3 Å². The molecule has 7 nitrogen and oxygen atoms in total. The normalized spacial score (nSPS) is 10.9. The average molecular weight is 415 g/mol. The Hall–Kier alpha value is -2.91. The summed E-state index contributed by atoms with van der Waals surface area (Å²) in [5, 5.41) is 11.6. The van der Waals surface area contributed by atoms with Gasteiger partial charge in [0.15, 0.2) is 5.82 Å². The summed E-state index contributed by atoms with van der Waals surface area (Å²) < 4.78 is 12.4. The molecule has 144 valence electrons. The number of carbonyl (C=O) groups is 1. The van der Waals surface area contributed by atoms with E-state index in [4.69, 9.17) is 9.47 Å². The molecule has 0 unspecified atom stereocenters. The van der Waals surface area contributed by atoms with E-state index in [1.54, 1.807) is 40.9 Å². The van der Waals surface area contributed by atoms with E-state index in [1.807, 2.05) is 27.4 Å². The minimum atomic E-state index is -0.237. The summed E-state index contributed by atoms with van der Waals surface area (Å²) in [5.74, 6) is 1.45. The molecule has 0 saturated heterocycles. The van der Waals surface area contributed by atoms with Crippen molar-refractivity contribution in [2.45, 2.75) is 6.42 Å². The van der Waals surface area contributed by atoms with Gasteiger partial charge in [-0.15, -0.1) is 27.8 Å². The van der Waals surface area contributed by atoms with Gasteiger partial charge in [0.25, 0.3) is 5.91 Å². The molecule has 0 saturated carbocycles. The first-order valence-electron chi connectivity index (χ1n) is 8.57. The molecular weight excluding hydrogens is 396 g/mol. The summed E-state index contributed by atoms with van der Waals surface area (Å²) in [6.45, 7) is 0.458. The molecule has 4 aromatic rings. The van der Waals surface area contributed by atoms with Crippen LogP contribution < -0.4 is 14.8 Å². The average Bonchev–Trinajstić information content (AvgIpc) is 3.44. The van der Waals surface area contributed by atoms with Gasteiger partial charge in [0.1, 0.15) is 17.1 Å². The largest absolute Gasteiger partial charge is 0.496 e. The minimum Gasteiger partial charge on any atom is -0.496 e. The summed E-state index contributed by atoms with van der Waals surface area (Å²) in [4.78, 5) is 19.1. The third kappa shape index (κ3) is 3.46. The number of fused-ring (bicyclic) bond motifs is 1. The molecule has 0 radical (unpaired) electrons. The smallest absolute Gasteiger partial charge is 0.258 e. The SMILES string of the molecule is COc1cccc(OC)c1C(=O)NCCc1csc2nc(-c3cccs3)nn12. The van der Waals surface area contributed by atoms with Crippen molar-refractivity contribution in [3.05, 3.63) is 52.3 Å². The number of thiophene rings is 1. The van der Waals surface area contributed by atoms with E-state index in [1.165, 1.54) is 14.2 Å². The van der Waals surface area contributed by atoms with Crippen LogP contribution in [0.3, 0.4) is 0 Å². The van der Waals surface area contributed by atoms with Crippen LogP contribution >= 0.6 is 22.7 Å². The fraction of sp³-hybridized carbons (Fsp3) is 0.211. The molecule has 4 rings (SSSR count). The standard InChI is InChI=1S/C19H18N4O3S2/c1-25-13-5-3-6-14(26-2)16(13)18(24)20-9-8-12-11-28-19-21-17(22-23(12)19)15-7-4-10-27-15/h3-7,10-11H,8-9H2,1-2H3,(H,20,24). The highest BCUT2D eigenvalue weighted by atomic mass is 32.1. The third-order valence-electron chi connectivity index (χ3n) is 4.21. The van der Waals surface area contributed by atoms with Crippen molar-refractivity contribution >= 4 is 33.5 Å². The van der Waals surface area contributed by atoms with Crippen molar-refractivity contribution in [2.24, 2.45) is 0 Å². The van der Waals surface area contributed by atoms with Gasteiger partial charge >= 0.3 is 0 Å². The lowest BCUT2D eigenvalue weighted by Crippen LogP contribution is -2.27. The van der Waals surface area contributed by atoms with Gasteiger partial charge in [-0.3, -0.25) is 4.79 Å². The second-order valence-corrected chi connectivity index (χ2v) is 7.66. The Labute approximate surface area is 169 Å². The van der Waals surface area contributed by atoms with Crippen LogP contribution in [0.4, 0.5) is 0 Å². The Bertz CT molecular complexity index is 1080. The number of carbonyl (C=O) groups excluding carboxylic acids is 1. The molecule has 0 aliphatic rings. The lowest BCUT2D eigenvalue weighted by Gasteiger charge is -2.12. The summed E-state index contributed by atoms with van der Waals surface area (Å²) in [5.41, 5.74) is 1.39. The zero-order valence-corrected chi connectivity index (χ0v) is 17.0. The quantitative estimate of drug-likeness (QED) is 0.501. The fourth-order valence-electron chi connectivity index (χ4n) is 2.87. The molecule has 1 aromatic carbocycles. The molecule has 0 spiro atoms. The van der Waals surface area contributed by atoms with Gasteiger partial charge in [0.05, 0.1) is 24.8 Å². The van der Waals surface area contributed by atoms with E-state index in [9.17, 15) is 4.79 Å². The van der Waals surface area contributed by atoms with Gasteiger partial charge in [-0.05, 0) is 23.6 Å². The number of hydrogen-bond acceptors (Lipinski definition) is 7. The maximum Gasteiger partial charge on any atom is 0.258 e. The monoisotopic (exact) mass is 414 g/mol. The second kappa shape index (κ2) is 7.99. The first-order valence-corrected chi connectivity index (χ1v) is 10.3. The van der Waals surface area contributed by atoms with Crippen LogP contribution in [0.25, 0.3) is 15.7 Å². The maximum absolute atomic E-state index is 12.7. The molecule has 28 heavy (non-hydrogen) atoms. The van der Waals surface area contributed by atoms with Crippen LogP contribution in [0.2, 0.25) is 0 Å². The first-order chi connectivity index (χ1) is 13.7. The number of aromatic nitrogens is 3. The molecule has 0 fully saturated rings. The molecule has 9 heteroatoms. The Morgan fingerprint density at radius 1 is 1.14 bits per heavy atom. The number of ether oxygens (including phenoxy) is 2. The van der Waals surface area contributed by atoms with Gasteiger partial charge < -0.3 is 14.8 Å². The summed E-state index contributed by atoms with van der Waals surface area (Å²) in [6, 6.07) is 9.25. The van der Waals surface area contributed by atoms with Crippen molar-refractivity contribution in [1.29, 1.82) is 0 Å². The van der Waals surface area contributed by atoms with Crippen LogP contribution in [0.5, 0.6) is 11.5 Å². The first kappa shape index (κ1) is 18.5. The van der Waals surface area contributed by atoms with E-state index >= 15 is 0 Å².